The van der Waals surface area contributed by atoms with Crippen molar-refractivity contribution in [2.75, 3.05) is 60.4 Å². The maximum absolute atomic E-state index is 13.0. The molecular weight excluding hydrogens is 411 g/mol. The van der Waals surface area contributed by atoms with Crippen LogP contribution >= 0.6 is 0 Å². The molecule has 10 heteroatoms. The first-order valence-corrected chi connectivity index (χ1v) is 11.5. The summed E-state index contributed by atoms with van der Waals surface area (Å²) in [4.78, 5) is 29.9. The topological polar surface area (TPSA) is 81.2 Å². The van der Waals surface area contributed by atoms with Crippen LogP contribution in [0.2, 0.25) is 0 Å². The maximum atomic E-state index is 13.0. The Morgan fingerprint density at radius 3 is 2.33 bits per heavy atom. The lowest BCUT2D eigenvalue weighted by Crippen LogP contribution is -2.39. The minimum atomic E-state index is -3.71. The monoisotopic (exact) mass is 442 g/mol. The lowest BCUT2D eigenvalue weighted by molar-refractivity contribution is -0.131. The molecular formula is C20H31FN4O4S. The van der Waals surface area contributed by atoms with Crippen LogP contribution in [0.3, 0.4) is 0 Å². The predicted octanol–water partition coefficient (Wildman–Crippen LogP) is 0.849. The number of benzene rings is 1. The highest BCUT2D eigenvalue weighted by molar-refractivity contribution is 7.89. The van der Waals surface area contributed by atoms with Crippen molar-refractivity contribution in [3.63, 3.8) is 0 Å². The molecule has 0 aromatic heterocycles. The van der Waals surface area contributed by atoms with Gasteiger partial charge in [0.15, 0.2) is 0 Å². The number of likely N-dealkylation sites (N-methyl/N-ethyl adjacent to an activating group) is 1. The molecule has 168 valence electrons. The highest BCUT2D eigenvalue weighted by atomic mass is 32.2. The SMILES string of the molecule is CN(C)C(=O)CN1CCCN(C(=O)CCCN(C)S(=O)(=O)c2ccc(F)cc2)CC1. The molecule has 1 aliphatic rings. The lowest BCUT2D eigenvalue weighted by atomic mass is 10.2. The summed E-state index contributed by atoms with van der Waals surface area (Å²) in [6.45, 7) is 3.15. The molecule has 0 radical (unpaired) electrons. The Morgan fingerprint density at radius 2 is 1.70 bits per heavy atom. The van der Waals surface area contributed by atoms with Crippen LogP contribution in [-0.4, -0.2) is 99.6 Å². The van der Waals surface area contributed by atoms with Crippen LogP contribution in [0.1, 0.15) is 19.3 Å². The number of halogens is 1. The molecule has 0 atom stereocenters. The van der Waals surface area contributed by atoms with Crippen LogP contribution in [0, 0.1) is 5.82 Å². The zero-order valence-corrected chi connectivity index (χ0v) is 18.7. The molecule has 30 heavy (non-hydrogen) atoms. The number of amides is 2. The van der Waals surface area contributed by atoms with E-state index in [9.17, 15) is 22.4 Å². The standard InChI is InChI=1S/C20H31FN4O4S/c1-22(2)20(27)16-24-12-5-13-25(15-14-24)19(26)6-4-11-23(3)30(28,29)18-9-7-17(21)8-10-18/h7-10H,4-6,11-16H2,1-3H3. The average molecular weight is 443 g/mol. The van der Waals surface area contributed by atoms with Gasteiger partial charge in [-0.25, -0.2) is 17.1 Å². The maximum Gasteiger partial charge on any atom is 0.242 e. The summed E-state index contributed by atoms with van der Waals surface area (Å²) >= 11 is 0. The Hall–Kier alpha value is -2.04. The smallest absolute Gasteiger partial charge is 0.242 e. The number of sulfonamides is 1. The number of rotatable bonds is 8. The first-order valence-electron chi connectivity index (χ1n) is 10.0. The molecule has 0 spiro atoms. The fourth-order valence-corrected chi connectivity index (χ4v) is 4.44. The highest BCUT2D eigenvalue weighted by Crippen LogP contribution is 2.15. The van der Waals surface area contributed by atoms with Gasteiger partial charge in [0.2, 0.25) is 21.8 Å². The van der Waals surface area contributed by atoms with E-state index in [0.29, 0.717) is 32.6 Å². The second-order valence-electron chi connectivity index (χ2n) is 7.68. The molecule has 1 aliphatic heterocycles. The van der Waals surface area contributed by atoms with Gasteiger partial charge in [0.1, 0.15) is 5.82 Å². The quantitative estimate of drug-likeness (QED) is 0.596. The molecule has 0 N–H and O–H groups in total. The Kier molecular flexibility index (Phi) is 8.75. The van der Waals surface area contributed by atoms with Crippen LogP contribution in [0.25, 0.3) is 0 Å². The van der Waals surface area contributed by atoms with Crippen molar-refractivity contribution < 1.29 is 22.4 Å². The summed E-state index contributed by atoms with van der Waals surface area (Å²) in [7, 11) is 1.19. The first-order chi connectivity index (χ1) is 14.1. The fourth-order valence-electron chi connectivity index (χ4n) is 3.23. The molecule has 1 aromatic carbocycles. The zero-order valence-electron chi connectivity index (χ0n) is 17.9. The van der Waals surface area contributed by atoms with Gasteiger partial charge in [-0.15, -0.1) is 0 Å². The third kappa shape index (κ3) is 6.75. The van der Waals surface area contributed by atoms with Gasteiger partial charge >= 0.3 is 0 Å². The van der Waals surface area contributed by atoms with Gasteiger partial charge in [0, 0.05) is 60.3 Å². The number of hydrogen-bond donors (Lipinski definition) is 0. The van der Waals surface area contributed by atoms with Crippen molar-refractivity contribution in [2.24, 2.45) is 0 Å². The second-order valence-corrected chi connectivity index (χ2v) is 9.73. The number of nitrogens with zero attached hydrogens (tertiary/aromatic N) is 4. The van der Waals surface area contributed by atoms with E-state index in [1.807, 2.05) is 0 Å². The van der Waals surface area contributed by atoms with E-state index in [2.05, 4.69) is 4.90 Å². The van der Waals surface area contributed by atoms with E-state index in [-0.39, 0.29) is 29.7 Å². The van der Waals surface area contributed by atoms with Gasteiger partial charge in [0.05, 0.1) is 11.4 Å². The summed E-state index contributed by atoms with van der Waals surface area (Å²) in [6.07, 6.45) is 1.44. The molecule has 0 unspecified atom stereocenters. The first kappa shape index (κ1) is 24.2. The highest BCUT2D eigenvalue weighted by Gasteiger charge is 2.23. The van der Waals surface area contributed by atoms with E-state index < -0.39 is 15.8 Å². The Morgan fingerprint density at radius 1 is 1.03 bits per heavy atom. The van der Waals surface area contributed by atoms with Crippen molar-refractivity contribution >= 4 is 21.8 Å². The van der Waals surface area contributed by atoms with E-state index in [0.717, 1.165) is 25.1 Å². The second kappa shape index (κ2) is 10.8. The molecule has 2 amide bonds. The summed E-state index contributed by atoms with van der Waals surface area (Å²) in [5, 5.41) is 0. The number of carbonyl (C=O) groups is 2. The van der Waals surface area contributed by atoms with Crippen molar-refractivity contribution in [3.8, 4) is 0 Å². The summed E-state index contributed by atoms with van der Waals surface area (Å²) in [6, 6.07) is 4.69. The van der Waals surface area contributed by atoms with Crippen LogP contribution in [0.5, 0.6) is 0 Å². The van der Waals surface area contributed by atoms with Crippen LogP contribution in [0.4, 0.5) is 4.39 Å². The van der Waals surface area contributed by atoms with Crippen LogP contribution in [-0.2, 0) is 19.6 Å². The van der Waals surface area contributed by atoms with Gasteiger partial charge < -0.3 is 9.80 Å². The van der Waals surface area contributed by atoms with Crippen molar-refractivity contribution in [2.45, 2.75) is 24.2 Å². The van der Waals surface area contributed by atoms with Gasteiger partial charge in [-0.2, -0.15) is 0 Å². The molecule has 1 fully saturated rings. The van der Waals surface area contributed by atoms with Gasteiger partial charge in [-0.1, -0.05) is 0 Å². The molecule has 0 aliphatic carbocycles. The molecule has 1 aromatic rings. The van der Waals surface area contributed by atoms with E-state index in [4.69, 9.17) is 0 Å². The Bertz CT molecular complexity index is 830. The van der Waals surface area contributed by atoms with Crippen LogP contribution < -0.4 is 0 Å². The normalized spacial score (nSPS) is 15.8. The van der Waals surface area contributed by atoms with Gasteiger partial charge in [-0.05, 0) is 37.1 Å². The number of hydrogen-bond acceptors (Lipinski definition) is 5. The average Bonchev–Trinajstić information content (AvgIpc) is 2.93. The minimum absolute atomic E-state index is 0.0108. The summed E-state index contributed by atoms with van der Waals surface area (Å²) in [5.41, 5.74) is 0. The van der Waals surface area contributed by atoms with Crippen molar-refractivity contribution in [1.82, 2.24) is 19.0 Å². The fraction of sp³-hybridized carbons (Fsp3) is 0.600. The Balaban J connectivity index is 1.80. The van der Waals surface area contributed by atoms with E-state index >= 15 is 0 Å². The molecule has 2 rings (SSSR count). The third-order valence-electron chi connectivity index (χ3n) is 5.18. The summed E-state index contributed by atoms with van der Waals surface area (Å²) in [5.74, 6) is -0.465. The van der Waals surface area contributed by atoms with Crippen molar-refractivity contribution in [3.05, 3.63) is 30.1 Å². The predicted molar refractivity (Wildman–Crippen MR) is 112 cm³/mol. The number of carbonyl (C=O) groups excluding carboxylic acids is 2. The van der Waals surface area contributed by atoms with Crippen molar-refractivity contribution in [1.29, 1.82) is 0 Å². The van der Waals surface area contributed by atoms with E-state index in [1.165, 1.54) is 23.5 Å². The molecule has 8 nitrogen and oxygen atoms in total. The zero-order chi connectivity index (χ0) is 22.3. The summed E-state index contributed by atoms with van der Waals surface area (Å²) < 4.78 is 39.2. The molecule has 1 saturated heterocycles. The largest absolute Gasteiger partial charge is 0.348 e. The van der Waals surface area contributed by atoms with Gasteiger partial charge in [0.25, 0.3) is 0 Å². The molecule has 0 bridgehead atoms. The van der Waals surface area contributed by atoms with Crippen LogP contribution in [0.15, 0.2) is 29.2 Å². The molecule has 0 saturated carbocycles. The Labute approximate surface area is 178 Å². The third-order valence-corrected chi connectivity index (χ3v) is 7.06. The van der Waals surface area contributed by atoms with E-state index in [1.54, 1.807) is 23.9 Å². The van der Waals surface area contributed by atoms with Gasteiger partial charge in [-0.3, -0.25) is 14.5 Å². The molecule has 1 heterocycles. The minimum Gasteiger partial charge on any atom is -0.348 e. The lowest BCUT2D eigenvalue weighted by Gasteiger charge is -2.23.